The van der Waals surface area contributed by atoms with Crippen LogP contribution >= 0.6 is 0 Å². The van der Waals surface area contributed by atoms with Crippen LogP contribution in [0.4, 0.5) is 5.69 Å². The number of carbonyl (C=O) groups excluding carboxylic acids is 2. The molecule has 0 spiro atoms. The molecule has 0 aliphatic rings. The van der Waals surface area contributed by atoms with Crippen molar-refractivity contribution in [2.75, 3.05) is 18.5 Å². The van der Waals surface area contributed by atoms with Crippen LogP contribution in [0.2, 0.25) is 0 Å². The van der Waals surface area contributed by atoms with E-state index in [0.29, 0.717) is 36.0 Å². The van der Waals surface area contributed by atoms with Gasteiger partial charge in [-0.15, -0.1) is 0 Å². The molecule has 0 aromatic heterocycles. The number of amides is 2. The van der Waals surface area contributed by atoms with E-state index in [4.69, 9.17) is 14.7 Å². The second-order valence-corrected chi connectivity index (χ2v) is 6.93. The Balaban J connectivity index is 2.07. The standard InChI is InChI=1S/C23H30N2O5/c1-3-5-13-29-20-12-9-18(16-21(20)30-14-6-4-2)23(27)24-19-10-7-17(8-11-19)15-22(26)25-28/h7-12,16,28H,3-6,13-15H2,1-2H3,(H,24,27)(H,25,26). The third-order valence-electron chi connectivity index (χ3n) is 4.42. The molecule has 0 saturated carbocycles. The van der Waals surface area contributed by atoms with Gasteiger partial charge in [0.15, 0.2) is 11.5 Å². The Morgan fingerprint density at radius 2 is 1.53 bits per heavy atom. The Bertz CT molecular complexity index is 821. The lowest BCUT2D eigenvalue weighted by atomic mass is 10.1. The zero-order valence-corrected chi connectivity index (χ0v) is 17.6. The average molecular weight is 415 g/mol. The van der Waals surface area contributed by atoms with Crippen molar-refractivity contribution in [2.45, 2.75) is 46.0 Å². The van der Waals surface area contributed by atoms with Gasteiger partial charge in [-0.25, -0.2) is 5.48 Å². The van der Waals surface area contributed by atoms with Crippen LogP contribution in [0.1, 0.15) is 55.5 Å². The van der Waals surface area contributed by atoms with E-state index in [9.17, 15) is 9.59 Å². The first kappa shape index (κ1) is 23.2. The molecular formula is C23H30N2O5. The molecule has 0 saturated heterocycles. The number of hydrogen-bond donors (Lipinski definition) is 3. The van der Waals surface area contributed by atoms with Crippen molar-refractivity contribution in [3.8, 4) is 11.5 Å². The SMILES string of the molecule is CCCCOc1ccc(C(=O)Nc2ccc(CC(=O)NO)cc2)cc1OCCCC. The number of anilines is 1. The fourth-order valence-electron chi connectivity index (χ4n) is 2.67. The number of ether oxygens (including phenoxy) is 2. The smallest absolute Gasteiger partial charge is 0.255 e. The molecule has 0 radical (unpaired) electrons. The lowest BCUT2D eigenvalue weighted by Gasteiger charge is -2.14. The van der Waals surface area contributed by atoms with E-state index in [-0.39, 0.29) is 12.3 Å². The summed E-state index contributed by atoms with van der Waals surface area (Å²) in [4.78, 5) is 23.9. The van der Waals surface area contributed by atoms with Gasteiger partial charge in [0.25, 0.3) is 5.91 Å². The summed E-state index contributed by atoms with van der Waals surface area (Å²) < 4.78 is 11.7. The minimum atomic E-state index is -0.497. The van der Waals surface area contributed by atoms with Gasteiger partial charge >= 0.3 is 0 Å². The van der Waals surface area contributed by atoms with E-state index in [1.54, 1.807) is 47.9 Å². The highest BCUT2D eigenvalue weighted by molar-refractivity contribution is 6.04. The van der Waals surface area contributed by atoms with Gasteiger partial charge in [0.2, 0.25) is 5.91 Å². The Kier molecular flexibility index (Phi) is 9.67. The quantitative estimate of drug-likeness (QED) is 0.273. The number of benzene rings is 2. The number of hydroxylamine groups is 1. The normalized spacial score (nSPS) is 10.4. The number of nitrogens with one attached hydrogen (secondary N) is 2. The molecule has 0 unspecified atom stereocenters. The molecule has 7 nitrogen and oxygen atoms in total. The second kappa shape index (κ2) is 12.5. The first-order valence-corrected chi connectivity index (χ1v) is 10.3. The molecule has 2 rings (SSSR count). The minimum absolute atomic E-state index is 0.0582. The van der Waals surface area contributed by atoms with Gasteiger partial charge in [0.1, 0.15) is 0 Å². The zero-order chi connectivity index (χ0) is 21.8. The molecule has 0 aliphatic heterocycles. The van der Waals surface area contributed by atoms with Crippen LogP contribution in [0.25, 0.3) is 0 Å². The fraction of sp³-hybridized carbons (Fsp3) is 0.391. The van der Waals surface area contributed by atoms with Crippen molar-refractivity contribution in [3.05, 3.63) is 53.6 Å². The summed E-state index contributed by atoms with van der Waals surface area (Å²) in [7, 11) is 0. The summed E-state index contributed by atoms with van der Waals surface area (Å²) in [5, 5.41) is 11.4. The third kappa shape index (κ3) is 7.40. The zero-order valence-electron chi connectivity index (χ0n) is 17.6. The molecule has 162 valence electrons. The topological polar surface area (TPSA) is 96.9 Å². The minimum Gasteiger partial charge on any atom is -0.490 e. The molecule has 3 N–H and O–H groups in total. The van der Waals surface area contributed by atoms with Crippen molar-refractivity contribution in [3.63, 3.8) is 0 Å². The van der Waals surface area contributed by atoms with Crippen molar-refractivity contribution in [1.82, 2.24) is 5.48 Å². The van der Waals surface area contributed by atoms with E-state index < -0.39 is 5.91 Å². The van der Waals surface area contributed by atoms with Gasteiger partial charge in [-0.2, -0.15) is 0 Å². The van der Waals surface area contributed by atoms with Crippen molar-refractivity contribution in [1.29, 1.82) is 0 Å². The van der Waals surface area contributed by atoms with Crippen LogP contribution in [0.5, 0.6) is 11.5 Å². The largest absolute Gasteiger partial charge is 0.490 e. The summed E-state index contributed by atoms with van der Waals surface area (Å²) in [5.74, 6) is 0.445. The molecule has 2 aromatic rings. The van der Waals surface area contributed by atoms with Crippen molar-refractivity contribution >= 4 is 17.5 Å². The Morgan fingerprint density at radius 3 is 2.13 bits per heavy atom. The second-order valence-electron chi connectivity index (χ2n) is 6.93. The summed E-state index contributed by atoms with van der Waals surface area (Å²) in [6.45, 7) is 5.36. The number of hydrogen-bond acceptors (Lipinski definition) is 5. The Morgan fingerprint density at radius 1 is 0.900 bits per heavy atom. The molecule has 0 aliphatic carbocycles. The molecule has 0 fully saturated rings. The molecule has 0 heterocycles. The van der Waals surface area contributed by atoms with Crippen molar-refractivity contribution in [2.24, 2.45) is 0 Å². The lowest BCUT2D eigenvalue weighted by Crippen LogP contribution is -2.20. The molecule has 0 atom stereocenters. The monoisotopic (exact) mass is 414 g/mol. The van der Waals surface area contributed by atoms with E-state index in [1.165, 1.54) is 0 Å². The number of unbranched alkanes of at least 4 members (excludes halogenated alkanes) is 2. The number of carbonyl (C=O) groups is 2. The van der Waals surface area contributed by atoms with E-state index in [1.807, 2.05) is 0 Å². The maximum Gasteiger partial charge on any atom is 0.255 e. The summed E-state index contributed by atoms with van der Waals surface area (Å²) >= 11 is 0. The van der Waals surface area contributed by atoms with Gasteiger partial charge in [-0.3, -0.25) is 14.8 Å². The lowest BCUT2D eigenvalue weighted by molar-refractivity contribution is -0.128. The van der Waals surface area contributed by atoms with Crippen LogP contribution in [-0.2, 0) is 11.2 Å². The summed E-state index contributed by atoms with van der Waals surface area (Å²) in [6, 6.07) is 12.0. The van der Waals surface area contributed by atoms with E-state index in [2.05, 4.69) is 19.2 Å². The van der Waals surface area contributed by atoms with Crippen LogP contribution in [0.3, 0.4) is 0 Å². The Hall–Kier alpha value is -3.06. The van der Waals surface area contributed by atoms with Crippen LogP contribution < -0.4 is 20.3 Å². The highest BCUT2D eigenvalue weighted by atomic mass is 16.5. The van der Waals surface area contributed by atoms with Crippen LogP contribution in [0, 0.1) is 0 Å². The molecule has 0 bridgehead atoms. The maximum absolute atomic E-state index is 12.7. The maximum atomic E-state index is 12.7. The van der Waals surface area contributed by atoms with Gasteiger partial charge in [-0.1, -0.05) is 38.8 Å². The fourth-order valence-corrected chi connectivity index (χ4v) is 2.67. The van der Waals surface area contributed by atoms with Gasteiger partial charge in [0.05, 0.1) is 19.6 Å². The molecule has 2 aromatic carbocycles. The Labute approximate surface area is 177 Å². The van der Waals surface area contributed by atoms with Gasteiger partial charge < -0.3 is 14.8 Å². The molecule has 30 heavy (non-hydrogen) atoms. The molecule has 2 amide bonds. The number of rotatable bonds is 12. The van der Waals surface area contributed by atoms with Crippen molar-refractivity contribution < 1.29 is 24.3 Å². The van der Waals surface area contributed by atoms with Crippen LogP contribution in [0.15, 0.2) is 42.5 Å². The highest BCUT2D eigenvalue weighted by Gasteiger charge is 2.13. The summed E-state index contributed by atoms with van der Waals surface area (Å²) in [6.07, 6.45) is 3.99. The van der Waals surface area contributed by atoms with Gasteiger partial charge in [0, 0.05) is 11.3 Å². The van der Waals surface area contributed by atoms with E-state index >= 15 is 0 Å². The highest BCUT2D eigenvalue weighted by Crippen LogP contribution is 2.29. The third-order valence-corrected chi connectivity index (χ3v) is 4.42. The predicted octanol–water partition coefficient (Wildman–Crippen LogP) is 4.34. The molecular weight excluding hydrogens is 384 g/mol. The summed E-state index contributed by atoms with van der Waals surface area (Å²) in [5.41, 5.74) is 3.38. The van der Waals surface area contributed by atoms with Gasteiger partial charge in [-0.05, 0) is 48.7 Å². The van der Waals surface area contributed by atoms with E-state index in [0.717, 1.165) is 31.2 Å². The first-order chi connectivity index (χ1) is 14.6. The molecule has 7 heteroatoms. The first-order valence-electron chi connectivity index (χ1n) is 10.3. The van der Waals surface area contributed by atoms with Crippen LogP contribution in [-0.4, -0.2) is 30.2 Å². The predicted molar refractivity (Wildman–Crippen MR) is 115 cm³/mol. The average Bonchev–Trinajstić information content (AvgIpc) is 2.76.